The molecule has 1 aliphatic rings. The van der Waals surface area contributed by atoms with Gasteiger partial charge in [-0.1, -0.05) is 5.16 Å². The third-order valence-corrected chi connectivity index (χ3v) is 6.60. The summed E-state index contributed by atoms with van der Waals surface area (Å²) >= 11 is 0. The zero-order valence-electron chi connectivity index (χ0n) is 15.2. The van der Waals surface area contributed by atoms with Gasteiger partial charge in [0.2, 0.25) is 21.7 Å². The summed E-state index contributed by atoms with van der Waals surface area (Å²) in [7, 11) is -3.92. The zero-order valence-corrected chi connectivity index (χ0v) is 16.0. The molecular formula is C18H17F2N5O3S. The largest absolute Gasteiger partial charge is 0.339 e. The number of rotatable bonds is 5. The van der Waals surface area contributed by atoms with E-state index in [1.54, 1.807) is 0 Å². The summed E-state index contributed by atoms with van der Waals surface area (Å²) in [5.74, 6) is -1.63. The van der Waals surface area contributed by atoms with Gasteiger partial charge in [0.15, 0.2) is 11.6 Å². The van der Waals surface area contributed by atoms with Crippen LogP contribution in [0.5, 0.6) is 0 Å². The lowest BCUT2D eigenvalue weighted by Gasteiger charge is -2.31. The molecule has 1 atom stereocenters. The SMILES string of the molecule is O=S(=O)(c1ccc(F)c(F)c1)N1CCCC(Cc2nc(-c3cnccn3)no2)C1. The predicted octanol–water partition coefficient (Wildman–Crippen LogP) is 2.45. The van der Waals surface area contributed by atoms with E-state index in [4.69, 9.17) is 4.52 Å². The molecule has 11 heteroatoms. The summed E-state index contributed by atoms with van der Waals surface area (Å²) in [6, 6.07) is 2.60. The Hall–Kier alpha value is -2.79. The zero-order chi connectivity index (χ0) is 20.4. The first-order chi connectivity index (χ1) is 13.9. The van der Waals surface area contributed by atoms with Crippen LogP contribution in [0, 0.1) is 17.6 Å². The number of piperidine rings is 1. The van der Waals surface area contributed by atoms with Gasteiger partial charge in [0.25, 0.3) is 0 Å². The van der Waals surface area contributed by atoms with Gasteiger partial charge in [-0.25, -0.2) is 22.2 Å². The van der Waals surface area contributed by atoms with Crippen LogP contribution < -0.4 is 0 Å². The second-order valence-corrected chi connectivity index (χ2v) is 8.69. The van der Waals surface area contributed by atoms with Gasteiger partial charge < -0.3 is 4.52 Å². The minimum absolute atomic E-state index is 0.0426. The van der Waals surface area contributed by atoms with E-state index >= 15 is 0 Å². The maximum Gasteiger partial charge on any atom is 0.243 e. The highest BCUT2D eigenvalue weighted by molar-refractivity contribution is 7.89. The van der Waals surface area contributed by atoms with Gasteiger partial charge in [-0.05, 0) is 37.0 Å². The van der Waals surface area contributed by atoms with Crippen LogP contribution in [0.15, 0.2) is 46.2 Å². The van der Waals surface area contributed by atoms with E-state index in [9.17, 15) is 17.2 Å². The molecule has 29 heavy (non-hydrogen) atoms. The van der Waals surface area contributed by atoms with Crippen LogP contribution in [0.1, 0.15) is 18.7 Å². The fourth-order valence-corrected chi connectivity index (χ4v) is 4.87. The summed E-state index contributed by atoms with van der Waals surface area (Å²) in [6.07, 6.45) is 6.40. The number of sulfonamides is 1. The molecule has 1 saturated heterocycles. The van der Waals surface area contributed by atoms with Crippen molar-refractivity contribution in [2.45, 2.75) is 24.2 Å². The maximum absolute atomic E-state index is 13.5. The maximum atomic E-state index is 13.5. The van der Waals surface area contributed by atoms with E-state index in [0.29, 0.717) is 42.9 Å². The minimum atomic E-state index is -3.92. The van der Waals surface area contributed by atoms with Gasteiger partial charge in [0.1, 0.15) is 5.69 Å². The lowest BCUT2D eigenvalue weighted by atomic mass is 9.96. The van der Waals surface area contributed by atoms with E-state index < -0.39 is 21.7 Å². The van der Waals surface area contributed by atoms with Crippen LogP contribution in [-0.4, -0.2) is 45.9 Å². The van der Waals surface area contributed by atoms with Gasteiger partial charge in [-0.3, -0.25) is 4.98 Å². The van der Waals surface area contributed by atoms with E-state index in [1.165, 1.54) is 22.9 Å². The molecule has 4 rings (SSSR count). The summed E-state index contributed by atoms with van der Waals surface area (Å²) < 4.78 is 58.8. The number of hydrogen-bond acceptors (Lipinski definition) is 7. The molecule has 3 aromatic rings. The Labute approximate surface area is 165 Å². The lowest BCUT2D eigenvalue weighted by Crippen LogP contribution is -2.40. The average molecular weight is 421 g/mol. The predicted molar refractivity (Wildman–Crippen MR) is 96.9 cm³/mol. The van der Waals surface area contributed by atoms with Crippen molar-refractivity contribution < 1.29 is 21.7 Å². The Kier molecular flexibility index (Phi) is 5.33. The van der Waals surface area contributed by atoms with Gasteiger partial charge in [-0.2, -0.15) is 9.29 Å². The third kappa shape index (κ3) is 4.15. The van der Waals surface area contributed by atoms with Crippen molar-refractivity contribution >= 4 is 10.0 Å². The fourth-order valence-electron chi connectivity index (χ4n) is 3.30. The van der Waals surface area contributed by atoms with E-state index in [0.717, 1.165) is 18.6 Å². The molecule has 0 radical (unpaired) electrons. The minimum Gasteiger partial charge on any atom is -0.339 e. The molecule has 0 aliphatic carbocycles. The van der Waals surface area contributed by atoms with Crippen LogP contribution in [0.2, 0.25) is 0 Å². The molecule has 1 fully saturated rings. The quantitative estimate of drug-likeness (QED) is 0.623. The van der Waals surface area contributed by atoms with Crippen LogP contribution in [0.4, 0.5) is 8.78 Å². The first kappa shape index (κ1) is 19.5. The number of hydrogen-bond donors (Lipinski definition) is 0. The van der Waals surface area contributed by atoms with Gasteiger partial charge in [-0.15, -0.1) is 0 Å². The first-order valence-electron chi connectivity index (χ1n) is 8.97. The number of aromatic nitrogens is 4. The van der Waals surface area contributed by atoms with Crippen LogP contribution in [0.3, 0.4) is 0 Å². The normalized spacial score (nSPS) is 18.1. The Morgan fingerprint density at radius 3 is 2.83 bits per heavy atom. The van der Waals surface area contributed by atoms with Crippen molar-refractivity contribution in [3.05, 3.63) is 54.3 Å². The molecule has 8 nitrogen and oxygen atoms in total. The van der Waals surface area contributed by atoms with Crippen molar-refractivity contribution in [2.24, 2.45) is 5.92 Å². The molecule has 0 bridgehead atoms. The first-order valence-corrected chi connectivity index (χ1v) is 10.4. The monoisotopic (exact) mass is 421 g/mol. The second kappa shape index (κ2) is 7.91. The number of halogens is 2. The topological polar surface area (TPSA) is 102 Å². The molecule has 0 N–H and O–H groups in total. The average Bonchev–Trinajstić information content (AvgIpc) is 3.19. The van der Waals surface area contributed by atoms with Crippen molar-refractivity contribution in [2.75, 3.05) is 13.1 Å². The molecule has 1 aliphatic heterocycles. The summed E-state index contributed by atoms with van der Waals surface area (Å²) in [6.45, 7) is 0.538. The van der Waals surface area contributed by atoms with Gasteiger partial charge in [0, 0.05) is 31.9 Å². The molecule has 1 aromatic carbocycles. The molecule has 152 valence electrons. The Balaban J connectivity index is 1.47. The summed E-state index contributed by atoms with van der Waals surface area (Å²) in [4.78, 5) is 12.1. The van der Waals surface area contributed by atoms with Crippen molar-refractivity contribution in [3.63, 3.8) is 0 Å². The highest BCUT2D eigenvalue weighted by Gasteiger charge is 2.31. The Morgan fingerprint density at radius 2 is 2.07 bits per heavy atom. The van der Waals surface area contributed by atoms with Crippen LogP contribution in [-0.2, 0) is 16.4 Å². The smallest absolute Gasteiger partial charge is 0.243 e. The van der Waals surface area contributed by atoms with Gasteiger partial charge in [0.05, 0.1) is 11.1 Å². The lowest BCUT2D eigenvalue weighted by molar-refractivity contribution is 0.247. The highest BCUT2D eigenvalue weighted by atomic mass is 32.2. The molecular weight excluding hydrogens is 404 g/mol. The number of benzene rings is 1. The van der Waals surface area contributed by atoms with Crippen molar-refractivity contribution in [3.8, 4) is 11.5 Å². The summed E-state index contributed by atoms with van der Waals surface area (Å²) in [5.41, 5.74) is 0.480. The second-order valence-electron chi connectivity index (χ2n) is 6.75. The molecule has 2 aromatic heterocycles. The Morgan fingerprint density at radius 1 is 1.21 bits per heavy atom. The highest BCUT2D eigenvalue weighted by Crippen LogP contribution is 2.27. The van der Waals surface area contributed by atoms with E-state index in [1.807, 2.05) is 0 Å². The van der Waals surface area contributed by atoms with Crippen LogP contribution in [0.25, 0.3) is 11.5 Å². The molecule has 1 unspecified atom stereocenters. The molecule has 0 saturated carbocycles. The molecule has 3 heterocycles. The summed E-state index contributed by atoms with van der Waals surface area (Å²) in [5, 5.41) is 3.89. The van der Waals surface area contributed by atoms with Gasteiger partial charge >= 0.3 is 0 Å². The molecule has 0 amide bonds. The number of nitrogens with zero attached hydrogens (tertiary/aromatic N) is 5. The van der Waals surface area contributed by atoms with E-state index in [-0.39, 0.29) is 17.4 Å². The fraction of sp³-hybridized carbons (Fsp3) is 0.333. The standard InChI is InChI=1S/C18H17F2N5O3S/c19-14-4-3-13(9-15(14)20)29(26,27)25-7-1-2-12(11-25)8-17-23-18(24-28-17)16-10-21-5-6-22-16/h3-6,9-10,12H,1-2,7-8,11H2. The van der Waals surface area contributed by atoms with E-state index in [2.05, 4.69) is 20.1 Å². The molecule has 0 spiro atoms. The van der Waals surface area contributed by atoms with Crippen molar-refractivity contribution in [1.82, 2.24) is 24.4 Å². The third-order valence-electron chi connectivity index (χ3n) is 4.73. The van der Waals surface area contributed by atoms with Crippen molar-refractivity contribution in [1.29, 1.82) is 0 Å². The van der Waals surface area contributed by atoms with Crippen LogP contribution >= 0.6 is 0 Å². The Bertz CT molecular complexity index is 1110.